The Morgan fingerprint density at radius 2 is 1.69 bits per heavy atom. The number of sulfonamides is 1. The fraction of sp³-hybridized carbons (Fsp3) is 0.316. The number of rotatable bonds is 8. The Morgan fingerprint density at radius 1 is 1.04 bits per heavy atom. The van der Waals surface area contributed by atoms with Crippen molar-refractivity contribution in [2.45, 2.75) is 25.7 Å². The van der Waals surface area contributed by atoms with Gasteiger partial charge in [-0.05, 0) is 56.7 Å². The highest BCUT2D eigenvalue weighted by atomic mass is 32.2. The molecule has 26 heavy (non-hydrogen) atoms. The molecule has 2 aromatic carbocycles. The Morgan fingerprint density at radius 3 is 2.27 bits per heavy atom. The van der Waals surface area contributed by atoms with Crippen LogP contribution in [0.5, 0.6) is 0 Å². The lowest BCUT2D eigenvalue weighted by atomic mass is 10.1. The zero-order valence-corrected chi connectivity index (χ0v) is 16.1. The van der Waals surface area contributed by atoms with Crippen molar-refractivity contribution in [3.8, 4) is 0 Å². The third-order valence-corrected chi connectivity index (χ3v) is 5.51. The zero-order chi connectivity index (χ0) is 19.2. The van der Waals surface area contributed by atoms with E-state index >= 15 is 0 Å². The van der Waals surface area contributed by atoms with E-state index in [2.05, 4.69) is 28.8 Å². The van der Waals surface area contributed by atoms with Crippen LogP contribution in [0.1, 0.15) is 19.4 Å². The lowest BCUT2D eigenvalue weighted by Gasteiger charge is -2.22. The van der Waals surface area contributed by atoms with Gasteiger partial charge in [0.1, 0.15) is 0 Å². The van der Waals surface area contributed by atoms with Gasteiger partial charge in [0, 0.05) is 24.5 Å². The van der Waals surface area contributed by atoms with E-state index < -0.39 is 15.9 Å². The van der Waals surface area contributed by atoms with Gasteiger partial charge in [0.2, 0.25) is 15.9 Å². The first-order valence-electron chi connectivity index (χ1n) is 8.57. The molecular weight excluding hydrogens is 350 g/mol. The molecule has 7 heteroatoms. The summed E-state index contributed by atoms with van der Waals surface area (Å²) in [7, 11) is -3.70. The van der Waals surface area contributed by atoms with Gasteiger partial charge in [0.15, 0.2) is 0 Å². The number of anilines is 2. The summed E-state index contributed by atoms with van der Waals surface area (Å²) in [6, 6.07) is 13.8. The van der Waals surface area contributed by atoms with Gasteiger partial charge in [-0.25, -0.2) is 13.1 Å². The quantitative estimate of drug-likeness (QED) is 0.744. The maximum Gasteiger partial charge on any atom is 0.241 e. The van der Waals surface area contributed by atoms with E-state index in [1.54, 1.807) is 18.2 Å². The second kappa shape index (κ2) is 8.82. The molecule has 0 saturated heterocycles. The molecule has 140 valence electrons. The van der Waals surface area contributed by atoms with Crippen molar-refractivity contribution in [1.29, 1.82) is 0 Å². The van der Waals surface area contributed by atoms with Crippen LogP contribution in [0.25, 0.3) is 0 Å². The Balaban J connectivity index is 2.00. The maximum absolute atomic E-state index is 12.1. The molecule has 1 amide bonds. The number of amides is 1. The highest BCUT2D eigenvalue weighted by Crippen LogP contribution is 2.22. The van der Waals surface area contributed by atoms with E-state index in [1.807, 2.05) is 25.1 Å². The van der Waals surface area contributed by atoms with Crippen molar-refractivity contribution < 1.29 is 13.2 Å². The summed E-state index contributed by atoms with van der Waals surface area (Å²) in [6.07, 6.45) is 0. The summed E-state index contributed by atoms with van der Waals surface area (Å²) in [4.78, 5) is 14.5. The molecule has 0 aromatic heterocycles. The van der Waals surface area contributed by atoms with Gasteiger partial charge >= 0.3 is 0 Å². The van der Waals surface area contributed by atoms with E-state index in [4.69, 9.17) is 0 Å². The normalized spacial score (nSPS) is 11.2. The summed E-state index contributed by atoms with van der Waals surface area (Å²) in [5.74, 6) is -0.414. The van der Waals surface area contributed by atoms with Gasteiger partial charge in [-0.15, -0.1) is 0 Å². The van der Waals surface area contributed by atoms with Crippen LogP contribution in [-0.4, -0.2) is 34.0 Å². The number of nitrogens with one attached hydrogen (secondary N) is 2. The smallest absolute Gasteiger partial charge is 0.241 e. The number of nitrogens with zero attached hydrogens (tertiary/aromatic N) is 1. The SMILES string of the molecule is CCN(CC)c1ccc(NC(=O)CNS(=O)(=O)c2ccccc2)c(C)c1. The van der Waals surface area contributed by atoms with Crippen LogP contribution < -0.4 is 14.9 Å². The van der Waals surface area contributed by atoms with Gasteiger partial charge < -0.3 is 10.2 Å². The molecule has 2 aromatic rings. The number of carbonyl (C=O) groups is 1. The lowest BCUT2D eigenvalue weighted by molar-refractivity contribution is -0.115. The molecule has 0 aliphatic rings. The Labute approximate surface area is 155 Å². The van der Waals surface area contributed by atoms with Gasteiger partial charge in [0.25, 0.3) is 0 Å². The van der Waals surface area contributed by atoms with Crippen LogP contribution >= 0.6 is 0 Å². The van der Waals surface area contributed by atoms with E-state index in [1.165, 1.54) is 12.1 Å². The molecule has 0 spiro atoms. The highest BCUT2D eigenvalue weighted by Gasteiger charge is 2.15. The summed E-state index contributed by atoms with van der Waals surface area (Å²) < 4.78 is 26.6. The van der Waals surface area contributed by atoms with Crippen LogP contribution in [-0.2, 0) is 14.8 Å². The van der Waals surface area contributed by atoms with Gasteiger partial charge in [-0.3, -0.25) is 4.79 Å². The van der Waals surface area contributed by atoms with E-state index in [9.17, 15) is 13.2 Å². The van der Waals surface area contributed by atoms with Crippen LogP contribution in [0.15, 0.2) is 53.4 Å². The van der Waals surface area contributed by atoms with Crippen LogP contribution in [0.2, 0.25) is 0 Å². The van der Waals surface area contributed by atoms with Crippen molar-refractivity contribution in [3.63, 3.8) is 0 Å². The Bertz CT molecular complexity index is 848. The van der Waals surface area contributed by atoms with Crippen molar-refractivity contribution in [1.82, 2.24) is 4.72 Å². The molecule has 0 radical (unpaired) electrons. The van der Waals surface area contributed by atoms with E-state index in [0.29, 0.717) is 5.69 Å². The second-order valence-corrected chi connectivity index (χ2v) is 7.62. The van der Waals surface area contributed by atoms with Crippen LogP contribution in [0, 0.1) is 6.92 Å². The summed E-state index contributed by atoms with van der Waals surface area (Å²) in [5.41, 5.74) is 2.69. The molecule has 0 unspecified atom stereocenters. The predicted molar refractivity (Wildman–Crippen MR) is 105 cm³/mol. The molecule has 0 fully saturated rings. The second-order valence-electron chi connectivity index (χ2n) is 5.86. The van der Waals surface area contributed by atoms with Crippen molar-refractivity contribution in [3.05, 3.63) is 54.1 Å². The average molecular weight is 375 g/mol. The Kier molecular flexibility index (Phi) is 6.76. The summed E-state index contributed by atoms with van der Waals surface area (Å²) >= 11 is 0. The fourth-order valence-corrected chi connectivity index (χ4v) is 3.61. The molecule has 0 bridgehead atoms. The molecular formula is C19H25N3O3S. The maximum atomic E-state index is 12.1. The third kappa shape index (κ3) is 5.06. The van der Waals surface area contributed by atoms with Gasteiger partial charge in [-0.1, -0.05) is 18.2 Å². The largest absolute Gasteiger partial charge is 0.372 e. The minimum atomic E-state index is -3.70. The van der Waals surface area contributed by atoms with Gasteiger partial charge in [0.05, 0.1) is 11.4 Å². The first-order valence-corrected chi connectivity index (χ1v) is 10.1. The third-order valence-electron chi connectivity index (χ3n) is 4.09. The lowest BCUT2D eigenvalue weighted by Crippen LogP contribution is -2.33. The van der Waals surface area contributed by atoms with Gasteiger partial charge in [-0.2, -0.15) is 0 Å². The zero-order valence-electron chi connectivity index (χ0n) is 15.3. The Hall–Kier alpha value is -2.38. The standard InChI is InChI=1S/C19H25N3O3S/c1-4-22(5-2)16-11-12-18(15(3)13-16)21-19(23)14-20-26(24,25)17-9-7-6-8-10-17/h6-13,20H,4-5,14H2,1-3H3,(H,21,23). The van der Waals surface area contributed by atoms with Crippen molar-refractivity contribution >= 4 is 27.3 Å². The first kappa shape index (κ1) is 19.9. The molecule has 0 aliphatic carbocycles. The molecule has 2 N–H and O–H groups in total. The first-order chi connectivity index (χ1) is 12.4. The number of hydrogen-bond donors (Lipinski definition) is 2. The minimum absolute atomic E-state index is 0.132. The fourth-order valence-electron chi connectivity index (χ4n) is 2.61. The summed E-state index contributed by atoms with van der Waals surface area (Å²) in [5, 5.41) is 2.75. The number of hydrogen-bond acceptors (Lipinski definition) is 4. The number of carbonyl (C=O) groups excluding carboxylic acids is 1. The highest BCUT2D eigenvalue weighted by molar-refractivity contribution is 7.89. The molecule has 0 saturated carbocycles. The van der Waals surface area contributed by atoms with Crippen molar-refractivity contribution in [2.24, 2.45) is 0 Å². The van der Waals surface area contributed by atoms with Crippen LogP contribution in [0.4, 0.5) is 11.4 Å². The molecule has 0 atom stereocenters. The average Bonchev–Trinajstić information content (AvgIpc) is 2.64. The molecule has 2 rings (SSSR count). The number of benzene rings is 2. The van der Waals surface area contributed by atoms with Crippen molar-refractivity contribution in [2.75, 3.05) is 29.9 Å². The topological polar surface area (TPSA) is 78.5 Å². The van der Waals surface area contributed by atoms with Crippen LogP contribution in [0.3, 0.4) is 0 Å². The molecule has 0 aliphatic heterocycles. The van der Waals surface area contributed by atoms with E-state index in [-0.39, 0.29) is 11.4 Å². The monoisotopic (exact) mass is 375 g/mol. The molecule has 0 heterocycles. The summed E-state index contributed by atoms with van der Waals surface area (Å²) in [6.45, 7) is 7.58. The predicted octanol–water partition coefficient (Wildman–Crippen LogP) is 2.76. The molecule has 6 nitrogen and oxygen atoms in total. The van der Waals surface area contributed by atoms with E-state index in [0.717, 1.165) is 24.3 Å². The minimum Gasteiger partial charge on any atom is -0.372 e. The number of aryl methyl sites for hydroxylation is 1.